The maximum Gasteiger partial charge on any atom is 0.253 e. The lowest BCUT2D eigenvalue weighted by Crippen LogP contribution is -2.23. The van der Waals surface area contributed by atoms with Gasteiger partial charge in [0.25, 0.3) is 5.91 Å². The molecule has 0 radical (unpaired) electrons. The summed E-state index contributed by atoms with van der Waals surface area (Å²) in [5.41, 5.74) is 2.78. The molecule has 1 N–H and O–H groups in total. The summed E-state index contributed by atoms with van der Waals surface area (Å²) in [6.07, 6.45) is 2.84. The zero-order chi connectivity index (χ0) is 20.4. The molecular weight excluding hydrogens is 388 g/mol. The van der Waals surface area contributed by atoms with Crippen molar-refractivity contribution >= 4 is 21.8 Å². The van der Waals surface area contributed by atoms with Gasteiger partial charge in [0.2, 0.25) is 0 Å². The zero-order valence-electron chi connectivity index (χ0n) is 15.6. The SMILES string of the molecule is C[S+](=O)([O-])c1ccc(-c2nnc3ccc(C(=O)NCc4ccccc4)cn23)cc1. The number of carbonyl (C=O) groups excluding carboxylic acids is 1. The van der Waals surface area contributed by atoms with E-state index in [-0.39, 0.29) is 10.8 Å². The molecular formula is C21H18N4O3S. The van der Waals surface area contributed by atoms with Crippen LogP contribution in [0, 0.1) is 0 Å². The van der Waals surface area contributed by atoms with Crippen LogP contribution in [0.3, 0.4) is 0 Å². The number of benzene rings is 2. The summed E-state index contributed by atoms with van der Waals surface area (Å²) < 4.78 is 25.0. The third-order valence-electron chi connectivity index (χ3n) is 4.50. The maximum atomic E-state index is 12.6. The fourth-order valence-corrected chi connectivity index (χ4v) is 3.58. The van der Waals surface area contributed by atoms with Crippen molar-refractivity contribution in [2.75, 3.05) is 6.26 Å². The van der Waals surface area contributed by atoms with Gasteiger partial charge in [-0.2, -0.15) is 0 Å². The van der Waals surface area contributed by atoms with Crippen LogP contribution in [0.1, 0.15) is 15.9 Å². The van der Waals surface area contributed by atoms with Crippen molar-refractivity contribution in [1.29, 1.82) is 0 Å². The van der Waals surface area contributed by atoms with Gasteiger partial charge in [-0.15, -0.1) is 14.4 Å². The lowest BCUT2D eigenvalue weighted by atomic mass is 10.2. The lowest BCUT2D eigenvalue weighted by Gasteiger charge is -2.09. The van der Waals surface area contributed by atoms with Crippen molar-refractivity contribution in [2.24, 2.45) is 0 Å². The van der Waals surface area contributed by atoms with Gasteiger partial charge in [-0.1, -0.05) is 30.3 Å². The summed E-state index contributed by atoms with van der Waals surface area (Å²) in [4.78, 5) is 12.8. The van der Waals surface area contributed by atoms with Crippen LogP contribution in [-0.4, -0.2) is 31.3 Å². The second-order valence-corrected chi connectivity index (χ2v) is 8.65. The first-order chi connectivity index (χ1) is 13.9. The van der Waals surface area contributed by atoms with Crippen LogP contribution in [0.2, 0.25) is 0 Å². The zero-order valence-corrected chi connectivity index (χ0v) is 16.4. The Kier molecular flexibility index (Phi) is 4.96. The summed E-state index contributed by atoms with van der Waals surface area (Å²) in [5, 5.41) is 11.2. The predicted octanol–water partition coefficient (Wildman–Crippen LogP) is 2.94. The van der Waals surface area contributed by atoms with Crippen molar-refractivity contribution < 1.29 is 13.6 Å². The molecule has 1 atom stereocenters. The standard InChI is InChI=1S/C21H18N4O3S/c1-29(27,28)18-10-7-16(8-11-18)20-24-23-19-12-9-17(14-25(19)20)21(26)22-13-15-5-3-2-4-6-15/h2-12,14H,13H2,1H3,(H-,22,26,27,28). The van der Waals surface area contributed by atoms with Gasteiger partial charge >= 0.3 is 0 Å². The number of fused-ring (bicyclic) bond motifs is 1. The van der Waals surface area contributed by atoms with Crippen molar-refractivity contribution in [2.45, 2.75) is 11.4 Å². The molecule has 0 aliphatic rings. The molecule has 0 saturated carbocycles. The highest BCUT2D eigenvalue weighted by atomic mass is 32.3. The van der Waals surface area contributed by atoms with E-state index in [1.165, 1.54) is 12.1 Å². The van der Waals surface area contributed by atoms with Gasteiger partial charge in [0, 0.05) is 18.3 Å². The third kappa shape index (κ3) is 4.08. The number of carbonyl (C=O) groups is 1. The minimum atomic E-state index is -3.27. The van der Waals surface area contributed by atoms with Crippen LogP contribution in [0.5, 0.6) is 0 Å². The van der Waals surface area contributed by atoms with Gasteiger partial charge in [-0.25, -0.2) is 0 Å². The van der Waals surface area contributed by atoms with Crippen molar-refractivity contribution in [3.8, 4) is 11.4 Å². The maximum absolute atomic E-state index is 12.6. The molecule has 0 fully saturated rings. The number of pyridine rings is 1. The molecule has 2 heterocycles. The van der Waals surface area contributed by atoms with Crippen LogP contribution in [0.15, 0.2) is 77.8 Å². The molecule has 0 spiro atoms. The van der Waals surface area contributed by atoms with E-state index in [2.05, 4.69) is 15.5 Å². The van der Waals surface area contributed by atoms with Gasteiger partial charge in [0.15, 0.2) is 16.4 Å². The average molecular weight is 406 g/mol. The summed E-state index contributed by atoms with van der Waals surface area (Å²) in [6, 6.07) is 19.5. The van der Waals surface area contributed by atoms with E-state index in [0.29, 0.717) is 29.1 Å². The van der Waals surface area contributed by atoms with Crippen LogP contribution >= 0.6 is 0 Å². The summed E-state index contributed by atoms with van der Waals surface area (Å²) in [5.74, 6) is 0.320. The average Bonchev–Trinajstić information content (AvgIpc) is 3.15. The third-order valence-corrected chi connectivity index (χ3v) is 5.63. The largest absolute Gasteiger partial charge is 0.610 e. The normalized spacial score (nSPS) is 13.2. The molecule has 8 heteroatoms. The van der Waals surface area contributed by atoms with Gasteiger partial charge in [-0.05, 0) is 42.0 Å². The Morgan fingerprint density at radius 1 is 1.03 bits per heavy atom. The molecule has 29 heavy (non-hydrogen) atoms. The van der Waals surface area contributed by atoms with Crippen LogP contribution in [0.4, 0.5) is 0 Å². The van der Waals surface area contributed by atoms with Crippen molar-refractivity contribution in [3.05, 3.63) is 84.1 Å². The molecule has 2 aromatic heterocycles. The molecule has 1 amide bonds. The topological polar surface area (TPSA) is 99.4 Å². The van der Waals surface area contributed by atoms with Crippen molar-refractivity contribution in [3.63, 3.8) is 0 Å². The number of sulfone groups is 1. The first-order valence-electron chi connectivity index (χ1n) is 8.89. The van der Waals surface area contributed by atoms with E-state index in [1.807, 2.05) is 30.3 Å². The first kappa shape index (κ1) is 19.0. The predicted molar refractivity (Wildman–Crippen MR) is 109 cm³/mol. The Hall–Kier alpha value is -3.36. The molecule has 146 valence electrons. The Balaban J connectivity index is 1.61. The van der Waals surface area contributed by atoms with Gasteiger partial charge in [-0.3, -0.25) is 9.20 Å². The highest BCUT2D eigenvalue weighted by Crippen LogP contribution is 2.22. The van der Waals surface area contributed by atoms with Gasteiger partial charge < -0.3 is 9.87 Å². The minimum absolute atomic E-state index is 0.206. The van der Waals surface area contributed by atoms with E-state index >= 15 is 0 Å². The summed E-state index contributed by atoms with van der Waals surface area (Å²) in [6.45, 7) is 0.430. The second kappa shape index (κ2) is 7.57. The molecule has 0 saturated heterocycles. The number of hydrogen-bond acceptors (Lipinski definition) is 5. The van der Waals surface area contributed by atoms with Crippen molar-refractivity contribution in [1.82, 2.24) is 19.9 Å². The number of rotatable bonds is 5. The summed E-state index contributed by atoms with van der Waals surface area (Å²) >= 11 is 0. The summed E-state index contributed by atoms with van der Waals surface area (Å²) in [7, 11) is -3.27. The van der Waals surface area contributed by atoms with E-state index in [0.717, 1.165) is 11.8 Å². The fourth-order valence-electron chi connectivity index (χ4n) is 2.95. The fraction of sp³-hybridized carbons (Fsp3) is 0.0952. The second-order valence-electron chi connectivity index (χ2n) is 6.63. The number of aromatic nitrogens is 3. The monoisotopic (exact) mass is 406 g/mol. The Morgan fingerprint density at radius 3 is 2.45 bits per heavy atom. The molecule has 7 nitrogen and oxygen atoms in total. The van der Waals surface area contributed by atoms with Crippen LogP contribution in [-0.2, 0) is 21.0 Å². The number of amides is 1. The number of hydrogen-bond donors (Lipinski definition) is 1. The molecule has 0 aliphatic heterocycles. The van der Waals surface area contributed by atoms with E-state index < -0.39 is 10.2 Å². The Morgan fingerprint density at radius 2 is 1.76 bits per heavy atom. The molecule has 0 aliphatic carbocycles. The highest BCUT2D eigenvalue weighted by molar-refractivity contribution is 7.97. The quantitative estimate of drug-likeness (QED) is 0.514. The molecule has 4 aromatic rings. The minimum Gasteiger partial charge on any atom is -0.610 e. The van der Waals surface area contributed by atoms with Crippen LogP contribution < -0.4 is 5.32 Å². The van der Waals surface area contributed by atoms with Crippen LogP contribution in [0.25, 0.3) is 17.0 Å². The first-order valence-corrected chi connectivity index (χ1v) is 10.8. The molecule has 1 unspecified atom stereocenters. The van der Waals surface area contributed by atoms with E-state index in [9.17, 15) is 13.6 Å². The highest BCUT2D eigenvalue weighted by Gasteiger charge is 2.15. The Labute approximate surface area is 168 Å². The Bertz CT molecular complexity index is 1210. The van der Waals surface area contributed by atoms with Gasteiger partial charge in [0.1, 0.15) is 6.26 Å². The lowest BCUT2D eigenvalue weighted by molar-refractivity contribution is 0.0950. The smallest absolute Gasteiger partial charge is 0.253 e. The molecule has 4 rings (SSSR count). The number of nitrogens with one attached hydrogen (secondary N) is 1. The van der Waals surface area contributed by atoms with E-state index in [4.69, 9.17) is 0 Å². The molecule has 0 bridgehead atoms. The molecule has 2 aromatic carbocycles. The van der Waals surface area contributed by atoms with E-state index in [1.54, 1.807) is 34.9 Å². The van der Waals surface area contributed by atoms with Gasteiger partial charge in [0.05, 0.1) is 15.8 Å². The number of nitrogens with zero attached hydrogens (tertiary/aromatic N) is 3.